The van der Waals surface area contributed by atoms with Crippen LogP contribution in [0.5, 0.6) is 5.75 Å². The molecule has 0 saturated heterocycles. The molecule has 2 aromatic heterocycles. The first kappa shape index (κ1) is 29.3. The molecule has 0 bridgehead atoms. The van der Waals surface area contributed by atoms with Gasteiger partial charge in [-0.15, -0.1) is 0 Å². The Morgan fingerprint density at radius 2 is 1.22 bits per heavy atom. The lowest BCUT2D eigenvalue weighted by Crippen LogP contribution is -2.11. The third-order valence-corrected chi connectivity index (χ3v) is 11.7. The molecule has 0 atom stereocenters. The Hall–Kier alpha value is -7.04. The fraction of sp³-hybridized carbons (Fsp3) is 0.186. The fourth-order valence-electron chi connectivity index (χ4n) is 8.41. The quantitative estimate of drug-likeness (QED) is 0.174. The summed E-state index contributed by atoms with van der Waals surface area (Å²) < 4.78 is 102. The molecule has 2 heterocycles. The summed E-state index contributed by atoms with van der Waals surface area (Å²) in [5.41, 5.74) is 8.31. The number of imidazole rings is 1. The summed E-state index contributed by atoms with van der Waals surface area (Å²) in [6, 6.07) is 48.1. The highest BCUT2D eigenvalue weighted by atomic mass is 16.3. The second-order valence-corrected chi connectivity index (χ2v) is 17.4. The van der Waals surface area contributed by atoms with E-state index in [0.29, 0.717) is 61.6 Å². The molecule has 0 aliphatic rings. The highest BCUT2D eigenvalue weighted by Crippen LogP contribution is 2.44. The molecule has 1 N–H and O–H groups in total. The Kier molecular flexibility index (Phi) is 7.45. The van der Waals surface area contributed by atoms with Crippen LogP contribution in [0.4, 0.5) is 0 Å². The summed E-state index contributed by atoms with van der Waals surface area (Å²) in [5.74, 6) is 0.507. The van der Waals surface area contributed by atoms with Gasteiger partial charge in [0.1, 0.15) is 11.6 Å². The molecule has 9 rings (SSSR count). The Bertz CT molecular complexity index is 3570. The summed E-state index contributed by atoms with van der Waals surface area (Å²) in [4.78, 5) is 10.3. The average molecular weight is 834 g/mol. The average Bonchev–Trinajstić information content (AvgIpc) is 3.73. The molecule has 0 unspecified atom stereocenters. The molecule has 312 valence electrons. The number of pyridine rings is 1. The van der Waals surface area contributed by atoms with Gasteiger partial charge < -0.3 is 5.11 Å². The van der Waals surface area contributed by atoms with E-state index in [4.69, 9.17) is 26.4 Å². The molecule has 0 aliphatic carbocycles. The largest absolute Gasteiger partial charge is 0.507 e. The number of aromatic hydroxyl groups is 1. The van der Waals surface area contributed by atoms with Gasteiger partial charge in [0.25, 0.3) is 0 Å². The van der Waals surface area contributed by atoms with E-state index in [-0.39, 0.29) is 22.3 Å². The lowest BCUT2D eigenvalue weighted by Gasteiger charge is -2.22. The molecule has 9 aromatic rings. The maximum atomic E-state index is 12.0. The molecule has 4 nitrogen and oxygen atoms in total. The van der Waals surface area contributed by atoms with Crippen molar-refractivity contribution in [1.82, 2.24) is 14.5 Å². The zero-order valence-electron chi connectivity index (χ0n) is 47.9. The number of hydrogen-bond donors (Lipinski definition) is 1. The van der Waals surface area contributed by atoms with Crippen molar-refractivity contribution in [2.45, 2.75) is 72.9 Å². The van der Waals surface area contributed by atoms with Gasteiger partial charge >= 0.3 is 0 Å². The van der Waals surface area contributed by atoms with Crippen molar-refractivity contribution in [2.24, 2.45) is 0 Å². The third-order valence-electron chi connectivity index (χ3n) is 11.7. The molecule has 0 amide bonds. The second-order valence-electron chi connectivity index (χ2n) is 17.4. The van der Waals surface area contributed by atoms with E-state index >= 15 is 0 Å². The molecule has 0 fully saturated rings. The first-order valence-corrected chi connectivity index (χ1v) is 21.0. The van der Waals surface area contributed by atoms with Crippen LogP contribution in [-0.4, -0.2) is 19.6 Å². The third kappa shape index (κ3) is 7.98. The first-order chi connectivity index (χ1) is 35.1. The monoisotopic (exact) mass is 834 g/mol. The van der Waals surface area contributed by atoms with E-state index in [1.165, 1.54) is 24.3 Å². The molecule has 0 saturated carbocycles. The maximum absolute atomic E-state index is 12.0. The van der Waals surface area contributed by atoms with Crippen molar-refractivity contribution in [3.05, 3.63) is 192 Å². The van der Waals surface area contributed by atoms with Crippen molar-refractivity contribution < 1.29 is 21.6 Å². The zero-order valence-corrected chi connectivity index (χ0v) is 35.9. The lowest BCUT2D eigenvalue weighted by atomic mass is 9.83. The number of aromatic nitrogens is 3. The van der Waals surface area contributed by atoms with E-state index in [1.54, 1.807) is 18.3 Å². The predicted octanol–water partition coefficient (Wildman–Crippen LogP) is 15.6. The van der Waals surface area contributed by atoms with E-state index in [9.17, 15) is 5.11 Å². The Morgan fingerprint density at radius 3 is 1.90 bits per heavy atom. The van der Waals surface area contributed by atoms with Crippen LogP contribution < -0.4 is 0 Å². The van der Waals surface area contributed by atoms with Gasteiger partial charge in [-0.2, -0.15) is 0 Å². The van der Waals surface area contributed by atoms with Gasteiger partial charge in [-0.05, 0) is 141 Å². The van der Waals surface area contributed by atoms with Crippen LogP contribution in [0.15, 0.2) is 164 Å². The molecule has 0 radical (unpaired) electrons. The fourth-order valence-corrected chi connectivity index (χ4v) is 8.41. The van der Waals surface area contributed by atoms with Gasteiger partial charge in [0.15, 0.2) is 0 Å². The van der Waals surface area contributed by atoms with Crippen LogP contribution in [0, 0.1) is 20.7 Å². The minimum absolute atomic E-state index is 0.0612. The summed E-state index contributed by atoms with van der Waals surface area (Å²) in [6.45, 7) is -2.47. The van der Waals surface area contributed by atoms with E-state index < -0.39 is 32.8 Å². The van der Waals surface area contributed by atoms with Crippen LogP contribution in [0.1, 0.15) is 85.6 Å². The topological polar surface area (TPSA) is 50.9 Å². The van der Waals surface area contributed by atoms with Gasteiger partial charge in [-0.1, -0.05) is 151 Å². The standard InChI is InChI=1S/C59H55N3O/c1-37-29-39(3)56(63)51(30-37)57-61-55-48(21-16-22-53(55)62(57)54-36-49(41-17-12-10-13-18-41)38(2)31-50(54)42-19-14-11-15-20-42)44-32-45(34-47(33-44)59(7,8)9)52-35-43(27-28-60-52)40-23-25-46(26-24-40)58(4,5)6/h10-36,63H,1-9H3/i2D3,4D3,5D3,6D3. The van der Waals surface area contributed by atoms with Gasteiger partial charge in [0.2, 0.25) is 0 Å². The molecule has 63 heavy (non-hydrogen) atoms. The smallest absolute Gasteiger partial charge is 0.149 e. The number of phenolic OH excluding ortho intramolecular Hbond substituents is 1. The maximum Gasteiger partial charge on any atom is 0.149 e. The van der Waals surface area contributed by atoms with Crippen LogP contribution in [0.2, 0.25) is 0 Å². The summed E-state index contributed by atoms with van der Waals surface area (Å²) >= 11 is 0. The van der Waals surface area contributed by atoms with E-state index in [2.05, 4.69) is 32.9 Å². The molecular formula is C59H55N3O. The van der Waals surface area contributed by atoms with Crippen LogP contribution >= 0.6 is 0 Å². The van der Waals surface area contributed by atoms with Gasteiger partial charge in [-0.3, -0.25) is 9.55 Å². The highest BCUT2D eigenvalue weighted by Gasteiger charge is 2.25. The highest BCUT2D eigenvalue weighted by molar-refractivity contribution is 5.98. The first-order valence-electron chi connectivity index (χ1n) is 27.0. The number of rotatable bonds is 7. The Labute approximate surface area is 389 Å². The minimum atomic E-state index is -3.39. The number of benzene rings is 7. The molecule has 7 aromatic carbocycles. The number of para-hydroxylation sites is 1. The van der Waals surface area contributed by atoms with Crippen molar-refractivity contribution in [1.29, 1.82) is 0 Å². The van der Waals surface area contributed by atoms with E-state index in [1.807, 2.05) is 128 Å². The van der Waals surface area contributed by atoms with Crippen molar-refractivity contribution in [2.75, 3.05) is 0 Å². The predicted molar refractivity (Wildman–Crippen MR) is 265 cm³/mol. The normalized spacial score (nSPS) is 15.6. The van der Waals surface area contributed by atoms with Gasteiger partial charge in [0, 0.05) is 39.3 Å². The summed E-state index contributed by atoms with van der Waals surface area (Å²) in [6.07, 6.45) is 1.65. The molecule has 0 spiro atoms. The van der Waals surface area contributed by atoms with Gasteiger partial charge in [-0.25, -0.2) is 4.98 Å². The molecule has 0 aliphatic heterocycles. The van der Waals surface area contributed by atoms with E-state index in [0.717, 1.165) is 38.9 Å². The van der Waals surface area contributed by atoms with Crippen LogP contribution in [-0.2, 0) is 10.8 Å². The summed E-state index contributed by atoms with van der Waals surface area (Å²) in [5, 5.41) is 12.0. The number of hydrogen-bond acceptors (Lipinski definition) is 3. The van der Waals surface area contributed by atoms with Crippen LogP contribution in [0.25, 0.3) is 83.9 Å². The SMILES string of the molecule is [2H]C([2H])([2H])c1cc(-c2ccccc2)c(-n2c(-c3cc(C)cc(C)c3O)nc3c(-c4cc(-c5cc(-c6ccc(C(C([2H])([2H])[2H])(C([2H])([2H])[2H])C([2H])([2H])[2H])cc6)ccn5)cc(C(C)(C)C)c4)cccc32)cc1-c1ccccc1. The minimum Gasteiger partial charge on any atom is -0.507 e. The number of nitrogens with zero attached hydrogens (tertiary/aromatic N) is 3. The van der Waals surface area contributed by atoms with Crippen molar-refractivity contribution in [3.8, 4) is 78.6 Å². The Morgan fingerprint density at radius 1 is 0.524 bits per heavy atom. The van der Waals surface area contributed by atoms with Crippen molar-refractivity contribution >= 4 is 11.0 Å². The number of aryl methyl sites for hydroxylation is 3. The zero-order chi connectivity index (χ0) is 54.2. The molecular weight excluding hydrogens is 767 g/mol. The summed E-state index contributed by atoms with van der Waals surface area (Å²) in [7, 11) is 0. The lowest BCUT2D eigenvalue weighted by molar-refractivity contribution is 0.472. The second kappa shape index (κ2) is 16.0. The van der Waals surface area contributed by atoms with Crippen LogP contribution in [0.3, 0.4) is 0 Å². The van der Waals surface area contributed by atoms with Crippen molar-refractivity contribution in [3.63, 3.8) is 0 Å². The van der Waals surface area contributed by atoms with Gasteiger partial charge in [0.05, 0.1) is 28.0 Å². The number of fused-ring (bicyclic) bond motifs is 1. The number of phenols is 1. The Balaban J connectivity index is 1.28. The molecule has 4 heteroatoms.